The van der Waals surface area contributed by atoms with Gasteiger partial charge in [0.2, 0.25) is 11.8 Å². The number of nitrogens with one attached hydrogen (secondary N) is 1. The van der Waals surface area contributed by atoms with Crippen molar-refractivity contribution < 1.29 is 9.53 Å². The minimum Gasteiger partial charge on any atom is -0.474 e. The summed E-state index contributed by atoms with van der Waals surface area (Å²) in [6.07, 6.45) is 7.98. The number of aromatic nitrogens is 1. The summed E-state index contributed by atoms with van der Waals surface area (Å²) in [7, 11) is 0. The van der Waals surface area contributed by atoms with Crippen molar-refractivity contribution in [3.8, 4) is 5.88 Å². The molecule has 0 spiro atoms. The number of hydrogen-bond donors (Lipinski definition) is 1. The Labute approximate surface area is 140 Å². The first-order valence-electron chi connectivity index (χ1n) is 8.21. The van der Waals surface area contributed by atoms with E-state index in [9.17, 15) is 4.79 Å². The van der Waals surface area contributed by atoms with Crippen LogP contribution in [0, 0.1) is 0 Å². The van der Waals surface area contributed by atoms with Gasteiger partial charge in [0.1, 0.15) is 6.10 Å². The minimum atomic E-state index is 0.0640. The number of thiophene rings is 1. The van der Waals surface area contributed by atoms with Crippen molar-refractivity contribution >= 4 is 17.2 Å². The highest BCUT2D eigenvalue weighted by atomic mass is 32.1. The number of nitrogens with zero attached hydrogens (tertiary/aromatic N) is 1. The van der Waals surface area contributed by atoms with Gasteiger partial charge < -0.3 is 10.1 Å². The number of carbonyl (C=O) groups excluding carboxylic acids is 1. The SMILES string of the molecule is O=C(CCc1cccs1)NCc1cccnc1OC1CCCC1. The van der Waals surface area contributed by atoms with E-state index in [0.29, 0.717) is 18.8 Å². The van der Waals surface area contributed by atoms with Crippen LogP contribution in [0.2, 0.25) is 0 Å². The Balaban J connectivity index is 1.50. The maximum Gasteiger partial charge on any atom is 0.220 e. The van der Waals surface area contributed by atoms with Crippen LogP contribution in [0.4, 0.5) is 0 Å². The predicted molar refractivity (Wildman–Crippen MR) is 91.6 cm³/mol. The van der Waals surface area contributed by atoms with Crippen LogP contribution in [0.3, 0.4) is 0 Å². The van der Waals surface area contributed by atoms with E-state index >= 15 is 0 Å². The van der Waals surface area contributed by atoms with E-state index in [1.807, 2.05) is 23.6 Å². The molecule has 1 fully saturated rings. The van der Waals surface area contributed by atoms with Gasteiger partial charge in [0, 0.05) is 29.6 Å². The maximum absolute atomic E-state index is 12.0. The van der Waals surface area contributed by atoms with E-state index in [2.05, 4.69) is 16.4 Å². The molecular weight excluding hydrogens is 308 g/mol. The van der Waals surface area contributed by atoms with Gasteiger partial charge >= 0.3 is 0 Å². The van der Waals surface area contributed by atoms with Crippen LogP contribution >= 0.6 is 11.3 Å². The summed E-state index contributed by atoms with van der Waals surface area (Å²) >= 11 is 1.69. The Morgan fingerprint density at radius 3 is 2.96 bits per heavy atom. The molecule has 122 valence electrons. The smallest absolute Gasteiger partial charge is 0.220 e. The van der Waals surface area contributed by atoms with Gasteiger partial charge in [0.25, 0.3) is 0 Å². The summed E-state index contributed by atoms with van der Waals surface area (Å²) in [5, 5.41) is 5.01. The quantitative estimate of drug-likeness (QED) is 0.842. The molecule has 0 atom stereocenters. The molecular formula is C18H22N2O2S. The average molecular weight is 330 g/mol. The van der Waals surface area contributed by atoms with Gasteiger partial charge in [0.05, 0.1) is 0 Å². The van der Waals surface area contributed by atoms with Crippen LogP contribution in [0.15, 0.2) is 35.8 Å². The molecule has 1 aliphatic carbocycles. The summed E-state index contributed by atoms with van der Waals surface area (Å²) in [6, 6.07) is 7.93. The van der Waals surface area contributed by atoms with Crippen LogP contribution in [0.5, 0.6) is 5.88 Å². The molecule has 5 heteroatoms. The minimum absolute atomic E-state index is 0.0640. The lowest BCUT2D eigenvalue weighted by Crippen LogP contribution is -2.24. The third-order valence-corrected chi connectivity index (χ3v) is 5.02. The zero-order valence-electron chi connectivity index (χ0n) is 13.2. The van der Waals surface area contributed by atoms with Crippen molar-refractivity contribution in [3.63, 3.8) is 0 Å². The molecule has 1 N–H and O–H groups in total. The van der Waals surface area contributed by atoms with E-state index in [4.69, 9.17) is 4.74 Å². The molecule has 4 nitrogen and oxygen atoms in total. The lowest BCUT2D eigenvalue weighted by atomic mass is 10.2. The molecule has 2 aromatic heterocycles. The van der Waals surface area contributed by atoms with Crippen molar-refractivity contribution in [2.75, 3.05) is 0 Å². The van der Waals surface area contributed by atoms with Crippen molar-refractivity contribution in [3.05, 3.63) is 46.3 Å². The fourth-order valence-corrected chi connectivity index (χ4v) is 3.51. The van der Waals surface area contributed by atoms with Crippen LogP contribution in [-0.4, -0.2) is 17.0 Å². The number of carbonyl (C=O) groups is 1. The van der Waals surface area contributed by atoms with E-state index in [-0.39, 0.29) is 12.0 Å². The number of ether oxygens (including phenoxy) is 1. The monoisotopic (exact) mass is 330 g/mol. The summed E-state index contributed by atoms with van der Waals surface area (Å²) in [5.41, 5.74) is 0.948. The Morgan fingerprint density at radius 2 is 2.17 bits per heavy atom. The Hall–Kier alpha value is -1.88. The van der Waals surface area contributed by atoms with Crippen molar-refractivity contribution in [1.29, 1.82) is 0 Å². The molecule has 2 aromatic rings. The van der Waals surface area contributed by atoms with E-state index in [1.165, 1.54) is 17.7 Å². The first-order chi connectivity index (χ1) is 11.3. The van der Waals surface area contributed by atoms with Crippen LogP contribution in [0.25, 0.3) is 0 Å². The first kappa shape index (κ1) is 16.0. The summed E-state index contributed by atoms with van der Waals surface area (Å²) in [4.78, 5) is 17.6. The molecule has 2 heterocycles. The van der Waals surface area contributed by atoms with Gasteiger partial charge in [-0.1, -0.05) is 12.1 Å². The third-order valence-electron chi connectivity index (χ3n) is 4.09. The normalized spacial score (nSPS) is 14.8. The third kappa shape index (κ3) is 4.79. The standard InChI is InChI=1S/C18H22N2O2S/c21-17(10-9-16-8-4-12-23-16)20-13-14-5-3-11-19-18(14)22-15-6-1-2-7-15/h3-5,8,11-12,15H,1-2,6-7,9-10,13H2,(H,20,21). The van der Waals surface area contributed by atoms with Gasteiger partial charge in [-0.05, 0) is 49.6 Å². The lowest BCUT2D eigenvalue weighted by molar-refractivity contribution is -0.121. The van der Waals surface area contributed by atoms with E-state index < -0.39 is 0 Å². The molecule has 1 amide bonds. The highest BCUT2D eigenvalue weighted by Gasteiger charge is 2.18. The Bertz CT molecular complexity index is 622. The summed E-state index contributed by atoms with van der Waals surface area (Å²) < 4.78 is 6.00. The van der Waals surface area contributed by atoms with Crippen molar-refractivity contribution in [2.45, 2.75) is 51.2 Å². The van der Waals surface area contributed by atoms with Crippen LogP contribution < -0.4 is 10.1 Å². The molecule has 0 bridgehead atoms. The van der Waals surface area contributed by atoms with Gasteiger partial charge in [-0.3, -0.25) is 4.79 Å². The van der Waals surface area contributed by atoms with E-state index in [1.54, 1.807) is 17.5 Å². The van der Waals surface area contributed by atoms with Gasteiger partial charge in [0.15, 0.2) is 0 Å². The second kappa shape index (κ2) is 8.11. The van der Waals surface area contributed by atoms with Crippen LogP contribution in [-0.2, 0) is 17.8 Å². The summed E-state index contributed by atoms with van der Waals surface area (Å²) in [6.45, 7) is 0.471. The highest BCUT2D eigenvalue weighted by Crippen LogP contribution is 2.24. The predicted octanol–water partition coefficient (Wildman–Crippen LogP) is 3.71. The molecule has 0 radical (unpaired) electrons. The number of amides is 1. The number of aryl methyl sites for hydroxylation is 1. The lowest BCUT2D eigenvalue weighted by Gasteiger charge is -2.15. The first-order valence-corrected chi connectivity index (χ1v) is 9.09. The fourth-order valence-electron chi connectivity index (χ4n) is 2.80. The maximum atomic E-state index is 12.0. The topological polar surface area (TPSA) is 51.2 Å². The van der Waals surface area contributed by atoms with Gasteiger partial charge in [-0.25, -0.2) is 4.98 Å². The van der Waals surface area contributed by atoms with Gasteiger partial charge in [-0.15, -0.1) is 11.3 Å². The molecule has 3 rings (SSSR count). The molecule has 1 saturated carbocycles. The zero-order valence-corrected chi connectivity index (χ0v) is 14.0. The number of hydrogen-bond acceptors (Lipinski definition) is 4. The van der Waals surface area contributed by atoms with E-state index in [0.717, 1.165) is 24.8 Å². The highest BCUT2D eigenvalue weighted by molar-refractivity contribution is 7.09. The molecule has 23 heavy (non-hydrogen) atoms. The molecule has 1 aliphatic rings. The van der Waals surface area contributed by atoms with Gasteiger partial charge in [-0.2, -0.15) is 0 Å². The average Bonchev–Trinajstić information content (AvgIpc) is 3.25. The number of pyridine rings is 1. The second-order valence-corrected chi connectivity index (χ2v) is 6.88. The largest absolute Gasteiger partial charge is 0.474 e. The zero-order chi connectivity index (χ0) is 15.9. The number of rotatable bonds is 7. The molecule has 0 aliphatic heterocycles. The Morgan fingerprint density at radius 1 is 1.30 bits per heavy atom. The molecule has 0 aromatic carbocycles. The Kier molecular flexibility index (Phi) is 5.64. The van der Waals surface area contributed by atoms with Crippen LogP contribution in [0.1, 0.15) is 42.5 Å². The van der Waals surface area contributed by atoms with Crippen molar-refractivity contribution in [1.82, 2.24) is 10.3 Å². The second-order valence-electron chi connectivity index (χ2n) is 5.85. The fraction of sp³-hybridized carbons (Fsp3) is 0.444. The molecule has 0 saturated heterocycles. The molecule has 0 unspecified atom stereocenters. The van der Waals surface area contributed by atoms with Crippen molar-refractivity contribution in [2.24, 2.45) is 0 Å². The summed E-state index contributed by atoms with van der Waals surface area (Å²) in [5.74, 6) is 0.729.